The molecular weight excluding hydrogens is 259 g/mol. The van der Waals surface area contributed by atoms with E-state index in [9.17, 15) is 9.36 Å². The molecule has 0 N–H and O–H groups in total. The van der Waals surface area contributed by atoms with Gasteiger partial charge in [0.2, 0.25) is 6.29 Å². The van der Waals surface area contributed by atoms with Crippen molar-refractivity contribution in [2.75, 3.05) is 7.11 Å². The number of carbonyl (C=O) groups is 1. The van der Waals surface area contributed by atoms with Gasteiger partial charge in [-0.05, 0) is 41.5 Å². The van der Waals surface area contributed by atoms with Gasteiger partial charge in [0.1, 0.15) is 0 Å². The zero-order valence-corrected chi connectivity index (χ0v) is 12.9. The Morgan fingerprint density at radius 1 is 1.11 bits per heavy atom. The van der Waals surface area contributed by atoms with E-state index in [-0.39, 0.29) is 6.10 Å². The lowest BCUT2D eigenvalue weighted by Crippen LogP contribution is -2.25. The first-order chi connectivity index (χ1) is 8.01. The molecule has 0 heterocycles. The molecule has 0 aromatic carbocycles. The second-order valence-electron chi connectivity index (χ2n) is 5.06. The molecule has 0 aliphatic carbocycles. The van der Waals surface area contributed by atoms with Crippen molar-refractivity contribution in [1.82, 2.24) is 0 Å². The van der Waals surface area contributed by atoms with E-state index in [1.54, 1.807) is 34.6 Å². The Hall–Kier alpha value is -0.580. The van der Waals surface area contributed by atoms with Crippen molar-refractivity contribution < 1.29 is 27.9 Å². The first-order valence-electron chi connectivity index (χ1n) is 5.73. The van der Waals surface area contributed by atoms with Gasteiger partial charge in [0.05, 0.1) is 11.3 Å². The smallest absolute Gasteiger partial charge is 0.432 e. The molecule has 0 aliphatic rings. The summed E-state index contributed by atoms with van der Waals surface area (Å²) in [5.41, 5.74) is 0. The van der Waals surface area contributed by atoms with Gasteiger partial charge < -0.3 is 14.0 Å². The number of hydrogen-bond acceptors (Lipinski definition) is 6. The van der Waals surface area contributed by atoms with Crippen LogP contribution < -0.4 is 0 Å². The summed E-state index contributed by atoms with van der Waals surface area (Å²) in [6.45, 7) is 10.0. The average Bonchev–Trinajstić information content (AvgIpc) is 2.13. The van der Waals surface area contributed by atoms with Crippen LogP contribution in [0.4, 0.5) is 4.79 Å². The quantitative estimate of drug-likeness (QED) is 0.436. The topological polar surface area (TPSA) is 71.1 Å². The van der Waals surface area contributed by atoms with Gasteiger partial charge in [-0.15, -0.1) is 0 Å². The molecule has 0 saturated carbocycles. The summed E-state index contributed by atoms with van der Waals surface area (Å²) in [6, 6.07) is 0. The van der Waals surface area contributed by atoms with Crippen LogP contribution in [0.3, 0.4) is 0 Å². The van der Waals surface area contributed by atoms with E-state index < -0.39 is 25.2 Å². The molecule has 0 saturated heterocycles. The molecule has 0 amide bonds. The van der Waals surface area contributed by atoms with E-state index in [0.717, 1.165) is 0 Å². The molecule has 2 unspecified atom stereocenters. The maximum absolute atomic E-state index is 12.3. The lowest BCUT2D eigenvalue weighted by Gasteiger charge is -2.30. The highest BCUT2D eigenvalue weighted by Crippen LogP contribution is 2.59. The fraction of sp³-hybridized carbons (Fsp3) is 0.909. The predicted octanol–water partition coefficient (Wildman–Crippen LogP) is 3.55. The van der Waals surface area contributed by atoms with Crippen LogP contribution in [0.1, 0.15) is 41.5 Å². The van der Waals surface area contributed by atoms with Gasteiger partial charge in [0, 0.05) is 7.11 Å². The van der Waals surface area contributed by atoms with E-state index in [4.69, 9.17) is 18.5 Å². The van der Waals surface area contributed by atoms with Crippen molar-refractivity contribution in [2.24, 2.45) is 0 Å². The largest absolute Gasteiger partial charge is 0.510 e. The third-order valence-electron chi connectivity index (χ3n) is 1.94. The normalized spacial score (nSPS) is 17.1. The SMILES string of the molecule is COP(=O)(OC(C)OC(=O)OC(C)C)C(C)(C)C. The van der Waals surface area contributed by atoms with E-state index >= 15 is 0 Å². The third-order valence-corrected chi connectivity index (χ3v) is 4.64. The van der Waals surface area contributed by atoms with E-state index in [1.807, 2.05) is 0 Å². The first-order valence-corrected chi connectivity index (χ1v) is 7.27. The Morgan fingerprint density at radius 2 is 1.61 bits per heavy atom. The number of carbonyl (C=O) groups excluding carboxylic acids is 1. The van der Waals surface area contributed by atoms with Crippen LogP contribution >= 0.6 is 7.60 Å². The van der Waals surface area contributed by atoms with Crippen molar-refractivity contribution in [2.45, 2.75) is 59.1 Å². The van der Waals surface area contributed by atoms with E-state index in [1.165, 1.54) is 14.0 Å². The fourth-order valence-electron chi connectivity index (χ4n) is 1.05. The Balaban J connectivity index is 4.51. The van der Waals surface area contributed by atoms with Crippen LogP contribution in [0.2, 0.25) is 0 Å². The highest BCUT2D eigenvalue weighted by molar-refractivity contribution is 7.55. The van der Waals surface area contributed by atoms with Crippen LogP contribution in [0.5, 0.6) is 0 Å². The summed E-state index contributed by atoms with van der Waals surface area (Å²) in [7, 11) is -2.07. The number of hydrogen-bond donors (Lipinski definition) is 0. The molecular formula is C11H23O6P. The summed E-state index contributed by atoms with van der Waals surface area (Å²) in [4.78, 5) is 11.2. The van der Waals surface area contributed by atoms with Crippen LogP contribution in [0.25, 0.3) is 0 Å². The van der Waals surface area contributed by atoms with E-state index in [0.29, 0.717) is 0 Å². The maximum Gasteiger partial charge on any atom is 0.510 e. The molecule has 7 heteroatoms. The third kappa shape index (κ3) is 5.38. The van der Waals surface area contributed by atoms with Gasteiger partial charge in [-0.1, -0.05) is 0 Å². The van der Waals surface area contributed by atoms with Crippen LogP contribution in [-0.2, 0) is 23.1 Å². The molecule has 108 valence electrons. The molecule has 2 atom stereocenters. The minimum absolute atomic E-state index is 0.290. The Labute approximate surface area is 108 Å². The zero-order chi connectivity index (χ0) is 14.6. The van der Waals surface area contributed by atoms with Gasteiger partial charge in [-0.2, -0.15) is 0 Å². The van der Waals surface area contributed by atoms with E-state index in [2.05, 4.69) is 0 Å². The molecule has 0 aromatic rings. The highest BCUT2D eigenvalue weighted by Gasteiger charge is 2.41. The standard InChI is InChI=1S/C11H23O6P/c1-8(2)15-10(12)16-9(3)17-18(13,14-7)11(4,5)6/h8-9H,1-7H3. The second kappa shape index (κ2) is 6.55. The molecule has 0 bridgehead atoms. The average molecular weight is 282 g/mol. The summed E-state index contributed by atoms with van der Waals surface area (Å²) in [6.07, 6.45) is -2.17. The summed E-state index contributed by atoms with van der Waals surface area (Å²) >= 11 is 0. The van der Waals surface area contributed by atoms with Crippen LogP contribution in [-0.4, -0.2) is 30.8 Å². The second-order valence-corrected chi connectivity index (χ2v) is 7.97. The van der Waals surface area contributed by atoms with Crippen molar-refractivity contribution in [3.8, 4) is 0 Å². The van der Waals surface area contributed by atoms with Crippen LogP contribution in [0.15, 0.2) is 0 Å². The predicted molar refractivity (Wildman–Crippen MR) is 67.6 cm³/mol. The monoisotopic (exact) mass is 282 g/mol. The van der Waals surface area contributed by atoms with Gasteiger partial charge in [0.15, 0.2) is 0 Å². The minimum Gasteiger partial charge on any atom is -0.432 e. The highest BCUT2D eigenvalue weighted by atomic mass is 31.2. The van der Waals surface area contributed by atoms with Crippen molar-refractivity contribution >= 4 is 13.8 Å². The first kappa shape index (κ1) is 17.4. The molecule has 6 nitrogen and oxygen atoms in total. The maximum atomic E-state index is 12.3. The van der Waals surface area contributed by atoms with Crippen molar-refractivity contribution in [1.29, 1.82) is 0 Å². The Kier molecular flexibility index (Phi) is 6.34. The molecule has 0 aromatic heterocycles. The van der Waals surface area contributed by atoms with Crippen LogP contribution in [0, 0.1) is 0 Å². The number of rotatable bonds is 5. The summed E-state index contributed by atoms with van der Waals surface area (Å²) < 4.78 is 32.1. The molecule has 0 fully saturated rings. The molecule has 18 heavy (non-hydrogen) atoms. The number of ether oxygens (including phenoxy) is 2. The van der Waals surface area contributed by atoms with Crippen molar-refractivity contribution in [3.63, 3.8) is 0 Å². The molecule has 0 aliphatic heterocycles. The molecule has 0 rings (SSSR count). The van der Waals surface area contributed by atoms with Gasteiger partial charge >= 0.3 is 13.8 Å². The Morgan fingerprint density at radius 3 is 1.94 bits per heavy atom. The van der Waals surface area contributed by atoms with Gasteiger partial charge in [0.25, 0.3) is 0 Å². The lowest BCUT2D eigenvalue weighted by molar-refractivity contribution is -0.0668. The summed E-state index contributed by atoms with van der Waals surface area (Å²) in [5, 5.41) is -0.707. The summed E-state index contributed by atoms with van der Waals surface area (Å²) in [5.74, 6) is 0. The molecule has 0 spiro atoms. The Bertz CT molecular complexity index is 320. The van der Waals surface area contributed by atoms with Crippen molar-refractivity contribution in [3.05, 3.63) is 0 Å². The zero-order valence-electron chi connectivity index (χ0n) is 12.1. The van der Waals surface area contributed by atoms with Gasteiger partial charge in [-0.3, -0.25) is 9.09 Å². The lowest BCUT2D eigenvalue weighted by atomic mass is 10.3. The fourth-order valence-corrected chi connectivity index (χ4v) is 2.43. The minimum atomic E-state index is -3.36. The molecule has 0 radical (unpaired) electrons. The van der Waals surface area contributed by atoms with Gasteiger partial charge in [-0.25, -0.2) is 4.79 Å².